The van der Waals surface area contributed by atoms with Gasteiger partial charge in [-0.15, -0.1) is 0 Å². The van der Waals surface area contributed by atoms with Gasteiger partial charge in [-0.3, -0.25) is 4.68 Å². The number of benzene rings is 1. The number of halogens is 1. The molecule has 0 aliphatic rings. The lowest BCUT2D eigenvalue weighted by atomic mass is 10.1. The third-order valence-electron chi connectivity index (χ3n) is 3.59. The summed E-state index contributed by atoms with van der Waals surface area (Å²) in [6, 6.07) is 6.03. The number of hydrogen-bond donors (Lipinski definition) is 0. The SMILES string of the molecule is CCn1cncc1Cn1cc(-c2ccc(Cl)c(C)c2)cn1. The Hall–Kier alpha value is -2.07. The quantitative estimate of drug-likeness (QED) is 0.735. The van der Waals surface area contributed by atoms with E-state index in [-0.39, 0.29) is 0 Å². The minimum absolute atomic E-state index is 0.723. The van der Waals surface area contributed by atoms with Gasteiger partial charge in [0.2, 0.25) is 0 Å². The van der Waals surface area contributed by atoms with Crippen molar-refractivity contribution in [3.05, 3.63) is 59.4 Å². The number of rotatable bonds is 4. The van der Waals surface area contributed by atoms with Gasteiger partial charge in [-0.1, -0.05) is 17.7 Å². The predicted octanol–water partition coefficient (Wildman–Crippen LogP) is 3.78. The van der Waals surface area contributed by atoms with E-state index in [1.807, 2.05) is 42.5 Å². The molecule has 0 spiro atoms. The van der Waals surface area contributed by atoms with Gasteiger partial charge in [0.1, 0.15) is 0 Å². The first-order chi connectivity index (χ1) is 10.2. The minimum atomic E-state index is 0.723. The van der Waals surface area contributed by atoms with Crippen LogP contribution < -0.4 is 0 Å². The largest absolute Gasteiger partial charge is 0.333 e. The van der Waals surface area contributed by atoms with E-state index in [1.165, 1.54) is 0 Å². The van der Waals surface area contributed by atoms with E-state index >= 15 is 0 Å². The highest BCUT2D eigenvalue weighted by molar-refractivity contribution is 6.31. The fraction of sp³-hybridized carbons (Fsp3) is 0.250. The molecule has 0 saturated heterocycles. The molecule has 2 heterocycles. The first-order valence-corrected chi connectivity index (χ1v) is 7.33. The van der Waals surface area contributed by atoms with Crippen molar-refractivity contribution < 1.29 is 0 Å². The summed E-state index contributed by atoms with van der Waals surface area (Å²) in [5.41, 5.74) is 4.45. The minimum Gasteiger partial charge on any atom is -0.333 e. The summed E-state index contributed by atoms with van der Waals surface area (Å²) in [7, 11) is 0. The fourth-order valence-corrected chi connectivity index (χ4v) is 2.47. The van der Waals surface area contributed by atoms with E-state index in [4.69, 9.17) is 11.6 Å². The third-order valence-corrected chi connectivity index (χ3v) is 4.01. The lowest BCUT2D eigenvalue weighted by Crippen LogP contribution is -2.06. The second-order valence-corrected chi connectivity index (χ2v) is 5.47. The second kappa shape index (κ2) is 5.74. The Kier molecular flexibility index (Phi) is 3.80. The first kappa shape index (κ1) is 13.9. The van der Waals surface area contributed by atoms with Crippen molar-refractivity contribution in [3.63, 3.8) is 0 Å². The van der Waals surface area contributed by atoms with Gasteiger partial charge in [-0.05, 0) is 37.1 Å². The zero-order valence-corrected chi connectivity index (χ0v) is 12.9. The molecule has 1 aromatic carbocycles. The molecule has 0 aliphatic carbocycles. The van der Waals surface area contributed by atoms with Crippen LogP contribution in [0.1, 0.15) is 18.2 Å². The summed E-state index contributed by atoms with van der Waals surface area (Å²) in [6.07, 6.45) is 7.67. The van der Waals surface area contributed by atoms with Crippen LogP contribution >= 0.6 is 11.6 Å². The lowest BCUT2D eigenvalue weighted by molar-refractivity contribution is 0.622. The molecule has 2 aromatic heterocycles. The van der Waals surface area contributed by atoms with Crippen molar-refractivity contribution in [3.8, 4) is 11.1 Å². The smallest absolute Gasteiger partial charge is 0.0948 e. The lowest BCUT2D eigenvalue weighted by Gasteiger charge is -2.05. The highest BCUT2D eigenvalue weighted by atomic mass is 35.5. The van der Waals surface area contributed by atoms with Gasteiger partial charge in [0.05, 0.1) is 31.0 Å². The number of nitrogens with zero attached hydrogens (tertiary/aromatic N) is 4. The number of aryl methyl sites for hydroxylation is 2. The normalized spacial score (nSPS) is 11.0. The monoisotopic (exact) mass is 300 g/mol. The molecule has 21 heavy (non-hydrogen) atoms. The van der Waals surface area contributed by atoms with Crippen molar-refractivity contribution in [2.75, 3.05) is 0 Å². The Morgan fingerprint density at radius 2 is 2.05 bits per heavy atom. The predicted molar refractivity (Wildman–Crippen MR) is 84.4 cm³/mol. The molecule has 5 heteroatoms. The van der Waals surface area contributed by atoms with Crippen LogP contribution in [0.15, 0.2) is 43.1 Å². The van der Waals surface area contributed by atoms with Crippen LogP contribution in [0, 0.1) is 6.92 Å². The first-order valence-electron chi connectivity index (χ1n) is 6.95. The van der Waals surface area contributed by atoms with E-state index in [0.717, 1.165) is 40.5 Å². The summed E-state index contributed by atoms with van der Waals surface area (Å²) in [4.78, 5) is 4.18. The molecule has 0 N–H and O–H groups in total. The molecule has 0 amide bonds. The maximum absolute atomic E-state index is 6.07. The average Bonchev–Trinajstić information content (AvgIpc) is 3.11. The molecule has 0 radical (unpaired) electrons. The van der Waals surface area contributed by atoms with Crippen LogP contribution in [0.4, 0.5) is 0 Å². The molecular weight excluding hydrogens is 284 g/mol. The summed E-state index contributed by atoms with van der Waals surface area (Å²) >= 11 is 6.07. The van der Waals surface area contributed by atoms with Gasteiger partial charge in [-0.25, -0.2) is 4.98 Å². The maximum Gasteiger partial charge on any atom is 0.0948 e. The topological polar surface area (TPSA) is 35.6 Å². The summed E-state index contributed by atoms with van der Waals surface area (Å²) in [6.45, 7) is 5.76. The van der Waals surface area contributed by atoms with Crippen LogP contribution in [0.5, 0.6) is 0 Å². The molecule has 0 aliphatic heterocycles. The van der Waals surface area contributed by atoms with Crippen LogP contribution in [0.25, 0.3) is 11.1 Å². The molecule has 108 valence electrons. The van der Waals surface area contributed by atoms with Gasteiger partial charge in [0.15, 0.2) is 0 Å². The van der Waals surface area contributed by atoms with Crippen molar-refractivity contribution in [1.29, 1.82) is 0 Å². The van der Waals surface area contributed by atoms with Gasteiger partial charge >= 0.3 is 0 Å². The van der Waals surface area contributed by atoms with Crippen LogP contribution in [-0.2, 0) is 13.1 Å². The Morgan fingerprint density at radius 1 is 1.19 bits per heavy atom. The molecule has 0 saturated carbocycles. The molecule has 0 atom stereocenters. The molecule has 3 rings (SSSR count). The number of aromatic nitrogens is 4. The van der Waals surface area contributed by atoms with Gasteiger partial charge in [0, 0.05) is 23.3 Å². The highest BCUT2D eigenvalue weighted by Crippen LogP contribution is 2.24. The van der Waals surface area contributed by atoms with Crippen molar-refractivity contribution in [2.24, 2.45) is 0 Å². The van der Waals surface area contributed by atoms with Gasteiger partial charge < -0.3 is 4.57 Å². The summed E-state index contributed by atoms with van der Waals surface area (Å²) in [5.74, 6) is 0. The van der Waals surface area contributed by atoms with Crippen molar-refractivity contribution >= 4 is 11.6 Å². The average molecular weight is 301 g/mol. The zero-order valence-electron chi connectivity index (χ0n) is 12.1. The third kappa shape index (κ3) is 2.85. The molecule has 0 unspecified atom stereocenters. The number of hydrogen-bond acceptors (Lipinski definition) is 2. The van der Waals surface area contributed by atoms with E-state index in [0.29, 0.717) is 0 Å². The van der Waals surface area contributed by atoms with Gasteiger partial charge in [0.25, 0.3) is 0 Å². The van der Waals surface area contributed by atoms with Crippen molar-refractivity contribution in [1.82, 2.24) is 19.3 Å². The van der Waals surface area contributed by atoms with Crippen LogP contribution in [0.3, 0.4) is 0 Å². The van der Waals surface area contributed by atoms with E-state index in [1.54, 1.807) is 0 Å². The summed E-state index contributed by atoms with van der Waals surface area (Å²) < 4.78 is 4.05. The standard InChI is InChI=1S/C16H17ClN4/c1-3-20-11-18-8-15(20)10-21-9-14(7-19-21)13-4-5-16(17)12(2)6-13/h4-9,11H,3,10H2,1-2H3. The van der Waals surface area contributed by atoms with Crippen LogP contribution in [-0.4, -0.2) is 19.3 Å². The zero-order chi connectivity index (χ0) is 14.8. The second-order valence-electron chi connectivity index (χ2n) is 5.06. The van der Waals surface area contributed by atoms with E-state index < -0.39 is 0 Å². The van der Waals surface area contributed by atoms with E-state index in [9.17, 15) is 0 Å². The fourth-order valence-electron chi connectivity index (χ4n) is 2.35. The van der Waals surface area contributed by atoms with Gasteiger partial charge in [-0.2, -0.15) is 5.10 Å². The maximum atomic E-state index is 6.07. The highest BCUT2D eigenvalue weighted by Gasteiger charge is 2.06. The van der Waals surface area contributed by atoms with E-state index in [2.05, 4.69) is 33.8 Å². The number of imidazole rings is 1. The Bertz CT molecular complexity index is 757. The Morgan fingerprint density at radius 3 is 2.81 bits per heavy atom. The molecule has 3 aromatic rings. The summed E-state index contributed by atoms with van der Waals surface area (Å²) in [5, 5.41) is 5.23. The molecular formula is C16H17ClN4. The molecule has 0 bridgehead atoms. The molecule has 0 fully saturated rings. The van der Waals surface area contributed by atoms with Crippen molar-refractivity contribution in [2.45, 2.75) is 26.9 Å². The van der Waals surface area contributed by atoms with Crippen LogP contribution in [0.2, 0.25) is 5.02 Å². The molecule has 4 nitrogen and oxygen atoms in total. The Balaban J connectivity index is 1.84. The Labute approximate surface area is 129 Å².